The van der Waals surface area contributed by atoms with Gasteiger partial charge in [0.2, 0.25) is 11.9 Å². The zero-order chi connectivity index (χ0) is 17.6. The Morgan fingerprint density at radius 2 is 2.12 bits per heavy atom. The topological polar surface area (TPSA) is 123 Å². The normalized spacial score (nSPS) is 10.2. The second-order valence-electron chi connectivity index (χ2n) is 5.23. The molecule has 3 N–H and O–H groups in total. The molecule has 8 nitrogen and oxygen atoms in total. The van der Waals surface area contributed by atoms with Gasteiger partial charge in [0.1, 0.15) is 0 Å². The summed E-state index contributed by atoms with van der Waals surface area (Å²) in [6, 6.07) is 9.21. The second-order valence-corrected chi connectivity index (χ2v) is 5.23. The first kappa shape index (κ1) is 16.1. The molecule has 0 atom stereocenters. The smallest absolute Gasteiger partial charge is 0.223 e. The summed E-state index contributed by atoms with van der Waals surface area (Å²) in [6.07, 6.45) is 6.99. The number of nitriles is 1. The first-order valence-corrected chi connectivity index (χ1v) is 7.55. The Kier molecular flexibility index (Phi) is 4.67. The summed E-state index contributed by atoms with van der Waals surface area (Å²) >= 11 is 0. The van der Waals surface area contributed by atoms with E-state index in [1.807, 2.05) is 12.1 Å². The van der Waals surface area contributed by atoms with Gasteiger partial charge in [-0.1, -0.05) is 12.1 Å². The van der Waals surface area contributed by atoms with Crippen LogP contribution in [-0.4, -0.2) is 32.0 Å². The van der Waals surface area contributed by atoms with E-state index in [-0.39, 0.29) is 6.42 Å². The van der Waals surface area contributed by atoms with Gasteiger partial charge < -0.3 is 15.6 Å². The fourth-order valence-electron chi connectivity index (χ4n) is 2.26. The van der Waals surface area contributed by atoms with E-state index < -0.39 is 5.91 Å². The minimum absolute atomic E-state index is 0.193. The molecule has 124 valence electrons. The van der Waals surface area contributed by atoms with Crippen LogP contribution in [0.25, 0.3) is 16.9 Å². The van der Waals surface area contributed by atoms with Gasteiger partial charge in [0.25, 0.3) is 0 Å². The molecule has 1 aromatic carbocycles. The molecular formula is C17H15N7O. The Morgan fingerprint density at radius 1 is 1.32 bits per heavy atom. The summed E-state index contributed by atoms with van der Waals surface area (Å²) in [5.41, 5.74) is 7.98. The van der Waals surface area contributed by atoms with Gasteiger partial charge in [0.15, 0.2) is 0 Å². The number of carbonyl (C=O) groups is 1. The van der Waals surface area contributed by atoms with Crippen molar-refractivity contribution in [3.63, 3.8) is 0 Å². The predicted molar refractivity (Wildman–Crippen MR) is 91.6 cm³/mol. The zero-order valence-corrected chi connectivity index (χ0v) is 13.3. The molecule has 25 heavy (non-hydrogen) atoms. The molecule has 0 aliphatic rings. The average molecular weight is 333 g/mol. The second kappa shape index (κ2) is 7.23. The molecule has 0 radical (unpaired) electrons. The number of nitrogens with two attached hydrogens (primary N) is 1. The van der Waals surface area contributed by atoms with Crippen LogP contribution in [0.15, 0.2) is 49.2 Å². The van der Waals surface area contributed by atoms with Crippen LogP contribution in [0.1, 0.15) is 12.0 Å². The third kappa shape index (κ3) is 3.79. The van der Waals surface area contributed by atoms with Crippen LogP contribution in [0, 0.1) is 11.3 Å². The van der Waals surface area contributed by atoms with E-state index in [1.54, 1.807) is 41.6 Å². The summed E-state index contributed by atoms with van der Waals surface area (Å²) in [4.78, 5) is 23.7. The Labute approximate surface area is 144 Å². The summed E-state index contributed by atoms with van der Waals surface area (Å²) in [6.45, 7) is 0.354. The van der Waals surface area contributed by atoms with Crippen LogP contribution in [0.3, 0.4) is 0 Å². The number of carbonyl (C=O) groups excluding carboxylic acids is 1. The largest absolute Gasteiger partial charge is 0.370 e. The molecule has 0 aliphatic carbocycles. The summed E-state index contributed by atoms with van der Waals surface area (Å²) in [5.74, 6) is -0.000624. The lowest BCUT2D eigenvalue weighted by Gasteiger charge is -2.12. The first-order valence-electron chi connectivity index (χ1n) is 7.55. The highest BCUT2D eigenvalue weighted by Gasteiger charge is 2.11. The Bertz CT molecular complexity index is 911. The van der Waals surface area contributed by atoms with E-state index in [4.69, 9.17) is 11.0 Å². The van der Waals surface area contributed by atoms with Gasteiger partial charge in [0, 0.05) is 30.9 Å². The van der Waals surface area contributed by atoms with E-state index in [2.05, 4.69) is 26.3 Å². The van der Waals surface area contributed by atoms with E-state index >= 15 is 0 Å². The maximum absolute atomic E-state index is 10.9. The SMILES string of the molecule is N#Cc1ccc(-c2nc(NCCC(N)=O)ncc2-n2ccnc2)cc1. The highest BCUT2D eigenvalue weighted by atomic mass is 16.1. The number of nitrogens with zero attached hydrogens (tertiary/aromatic N) is 5. The van der Waals surface area contributed by atoms with Crippen molar-refractivity contribution < 1.29 is 4.79 Å². The van der Waals surface area contributed by atoms with Crippen molar-refractivity contribution >= 4 is 11.9 Å². The molecule has 0 unspecified atom stereocenters. The molecule has 2 aromatic heterocycles. The maximum atomic E-state index is 10.9. The molecule has 3 rings (SSSR count). The number of amides is 1. The number of aromatic nitrogens is 4. The fraction of sp³-hybridized carbons (Fsp3) is 0.118. The summed E-state index contributed by atoms with van der Waals surface area (Å²) < 4.78 is 1.81. The van der Waals surface area contributed by atoms with Gasteiger partial charge >= 0.3 is 0 Å². The van der Waals surface area contributed by atoms with Crippen molar-refractivity contribution in [2.45, 2.75) is 6.42 Å². The van der Waals surface area contributed by atoms with Crippen molar-refractivity contribution in [2.75, 3.05) is 11.9 Å². The molecule has 0 spiro atoms. The van der Waals surface area contributed by atoms with Crippen LogP contribution in [0.2, 0.25) is 0 Å². The Balaban J connectivity index is 1.98. The quantitative estimate of drug-likeness (QED) is 0.704. The van der Waals surface area contributed by atoms with Crippen molar-refractivity contribution in [3.8, 4) is 23.0 Å². The van der Waals surface area contributed by atoms with E-state index in [0.717, 1.165) is 11.3 Å². The van der Waals surface area contributed by atoms with E-state index in [0.29, 0.717) is 23.8 Å². The number of benzene rings is 1. The Morgan fingerprint density at radius 3 is 2.76 bits per heavy atom. The molecule has 0 fully saturated rings. The van der Waals surface area contributed by atoms with Gasteiger partial charge in [-0.3, -0.25) is 4.79 Å². The standard InChI is InChI=1S/C17H15N7O/c18-9-12-1-3-13(4-2-12)16-14(24-8-7-20-11-24)10-22-17(23-16)21-6-5-15(19)25/h1-4,7-8,10-11H,5-6H2,(H2,19,25)(H,21,22,23). The molecule has 8 heteroatoms. The highest BCUT2D eigenvalue weighted by molar-refractivity contribution is 5.74. The first-order chi connectivity index (χ1) is 12.2. The van der Waals surface area contributed by atoms with Crippen LogP contribution < -0.4 is 11.1 Å². The Hall–Kier alpha value is -3.73. The molecule has 0 bridgehead atoms. The molecule has 3 aromatic rings. The molecule has 0 saturated carbocycles. The minimum atomic E-state index is -0.394. The predicted octanol–water partition coefficient (Wildman–Crippen LogP) is 1.49. The summed E-state index contributed by atoms with van der Waals surface area (Å²) in [7, 11) is 0. The number of primary amides is 1. The third-order valence-corrected chi connectivity index (χ3v) is 3.49. The van der Waals surface area contributed by atoms with Crippen molar-refractivity contribution in [3.05, 3.63) is 54.7 Å². The minimum Gasteiger partial charge on any atom is -0.370 e. The average Bonchev–Trinajstić information content (AvgIpc) is 3.16. The molecule has 0 aliphatic heterocycles. The van der Waals surface area contributed by atoms with Crippen molar-refractivity contribution in [2.24, 2.45) is 5.73 Å². The van der Waals surface area contributed by atoms with Gasteiger partial charge in [0.05, 0.1) is 35.5 Å². The van der Waals surface area contributed by atoms with Gasteiger partial charge in [-0.05, 0) is 12.1 Å². The molecule has 1 amide bonds. The lowest BCUT2D eigenvalue weighted by atomic mass is 10.1. The molecule has 0 saturated heterocycles. The van der Waals surface area contributed by atoms with Gasteiger partial charge in [-0.15, -0.1) is 0 Å². The number of hydrogen-bond donors (Lipinski definition) is 2. The van der Waals surface area contributed by atoms with Crippen LogP contribution in [-0.2, 0) is 4.79 Å². The number of anilines is 1. The zero-order valence-electron chi connectivity index (χ0n) is 13.3. The third-order valence-electron chi connectivity index (χ3n) is 3.49. The molecular weight excluding hydrogens is 318 g/mol. The summed E-state index contributed by atoms with van der Waals surface area (Å²) in [5, 5.41) is 11.9. The van der Waals surface area contributed by atoms with Crippen molar-refractivity contribution in [1.82, 2.24) is 19.5 Å². The van der Waals surface area contributed by atoms with E-state index in [9.17, 15) is 4.79 Å². The fourth-order valence-corrected chi connectivity index (χ4v) is 2.26. The van der Waals surface area contributed by atoms with Crippen LogP contribution in [0.4, 0.5) is 5.95 Å². The maximum Gasteiger partial charge on any atom is 0.223 e. The number of imidazole rings is 1. The van der Waals surface area contributed by atoms with Crippen LogP contribution >= 0.6 is 0 Å². The van der Waals surface area contributed by atoms with Gasteiger partial charge in [-0.25, -0.2) is 15.0 Å². The highest BCUT2D eigenvalue weighted by Crippen LogP contribution is 2.25. The van der Waals surface area contributed by atoms with Crippen molar-refractivity contribution in [1.29, 1.82) is 5.26 Å². The number of rotatable bonds is 6. The lowest BCUT2D eigenvalue weighted by Crippen LogP contribution is -2.17. The van der Waals surface area contributed by atoms with Gasteiger partial charge in [-0.2, -0.15) is 5.26 Å². The lowest BCUT2D eigenvalue weighted by molar-refractivity contribution is -0.117. The monoisotopic (exact) mass is 333 g/mol. The molecule has 2 heterocycles. The van der Waals surface area contributed by atoms with E-state index in [1.165, 1.54) is 0 Å². The number of nitrogens with one attached hydrogen (secondary N) is 1. The van der Waals surface area contributed by atoms with Crippen LogP contribution in [0.5, 0.6) is 0 Å². The number of hydrogen-bond acceptors (Lipinski definition) is 6.